The van der Waals surface area contributed by atoms with Gasteiger partial charge in [-0.2, -0.15) is 0 Å². The van der Waals surface area contributed by atoms with Crippen LogP contribution in [0.5, 0.6) is 0 Å². The zero-order valence-corrected chi connectivity index (χ0v) is 16.0. The van der Waals surface area contributed by atoms with Gasteiger partial charge in [0.2, 0.25) is 5.91 Å². The number of likely N-dealkylation sites (tertiary alicyclic amines) is 1. The Labute approximate surface area is 159 Å². The first kappa shape index (κ1) is 17.8. The lowest BCUT2D eigenvalue weighted by molar-refractivity contribution is -0.122. The summed E-state index contributed by atoms with van der Waals surface area (Å²) in [4.78, 5) is 22.9. The summed E-state index contributed by atoms with van der Waals surface area (Å²) < 4.78 is 2.06. The molecule has 1 fully saturated rings. The van der Waals surface area contributed by atoms with Crippen molar-refractivity contribution < 1.29 is 4.79 Å². The van der Waals surface area contributed by atoms with Gasteiger partial charge < -0.3 is 14.9 Å². The molecule has 0 atom stereocenters. The number of hydrogen-bond donors (Lipinski definition) is 2. The lowest BCUT2D eigenvalue weighted by atomic mass is 10.1. The van der Waals surface area contributed by atoms with E-state index in [1.165, 1.54) is 0 Å². The number of para-hydroxylation sites is 2. The average Bonchev–Trinajstić information content (AvgIpc) is 3.20. The first-order chi connectivity index (χ1) is 13.1. The van der Waals surface area contributed by atoms with E-state index < -0.39 is 0 Å². The number of aromatic nitrogens is 3. The van der Waals surface area contributed by atoms with Crippen LogP contribution in [-0.2, 0) is 17.9 Å². The highest BCUT2D eigenvalue weighted by molar-refractivity contribution is 5.76. The molecule has 1 aliphatic heterocycles. The minimum absolute atomic E-state index is 0.105. The first-order valence-corrected chi connectivity index (χ1v) is 9.66. The van der Waals surface area contributed by atoms with E-state index in [2.05, 4.69) is 43.0 Å². The molecule has 0 aliphatic carbocycles. The second-order valence-corrected chi connectivity index (χ2v) is 7.52. The highest BCUT2D eigenvalue weighted by Crippen LogP contribution is 2.16. The number of carbonyl (C=O) groups is 1. The van der Waals surface area contributed by atoms with Crippen molar-refractivity contribution in [3.63, 3.8) is 0 Å². The van der Waals surface area contributed by atoms with Crippen LogP contribution in [0.15, 0.2) is 36.4 Å². The summed E-state index contributed by atoms with van der Waals surface area (Å²) in [7, 11) is 0. The van der Waals surface area contributed by atoms with Crippen LogP contribution in [0.4, 0.5) is 0 Å². The van der Waals surface area contributed by atoms with Crippen LogP contribution in [0.3, 0.4) is 0 Å². The van der Waals surface area contributed by atoms with Gasteiger partial charge in [0.15, 0.2) is 0 Å². The van der Waals surface area contributed by atoms with Crippen molar-refractivity contribution >= 4 is 16.9 Å². The molecule has 2 aromatic heterocycles. The van der Waals surface area contributed by atoms with E-state index in [1.807, 2.05) is 32.0 Å². The first-order valence-electron chi connectivity index (χ1n) is 9.66. The molecule has 6 heteroatoms. The number of amides is 1. The van der Waals surface area contributed by atoms with E-state index in [-0.39, 0.29) is 11.9 Å². The standard InChI is InChI=1S/C21H27N5O/c1-15-7-8-16(2)26(15)14-21(27)22-17-9-11-25(12-10-17)13-20-23-18-5-3-4-6-19(18)24-20/h3-8,17H,9-14H2,1-2H3,(H,22,27)(H,23,24). The van der Waals surface area contributed by atoms with E-state index in [0.717, 1.165) is 60.7 Å². The number of aryl methyl sites for hydroxylation is 2. The van der Waals surface area contributed by atoms with Gasteiger partial charge in [-0.05, 0) is 51.0 Å². The molecule has 1 aliphatic rings. The van der Waals surface area contributed by atoms with E-state index in [9.17, 15) is 4.79 Å². The van der Waals surface area contributed by atoms with Gasteiger partial charge in [0, 0.05) is 30.5 Å². The van der Waals surface area contributed by atoms with E-state index in [1.54, 1.807) is 0 Å². The molecular weight excluding hydrogens is 338 g/mol. The van der Waals surface area contributed by atoms with E-state index in [4.69, 9.17) is 0 Å². The third kappa shape index (κ3) is 4.06. The molecule has 1 saturated heterocycles. The normalized spacial score (nSPS) is 16.1. The number of piperidine rings is 1. The molecule has 4 rings (SSSR count). The molecule has 1 aromatic carbocycles. The third-order valence-corrected chi connectivity index (χ3v) is 5.48. The lowest BCUT2D eigenvalue weighted by Gasteiger charge is -2.31. The Bertz CT molecular complexity index is 881. The summed E-state index contributed by atoms with van der Waals surface area (Å²) in [6, 6.07) is 12.5. The van der Waals surface area contributed by atoms with Crippen molar-refractivity contribution in [2.75, 3.05) is 13.1 Å². The number of carbonyl (C=O) groups excluding carboxylic acids is 1. The van der Waals surface area contributed by atoms with Crippen molar-refractivity contribution in [1.82, 2.24) is 24.8 Å². The molecule has 3 aromatic rings. The number of nitrogens with one attached hydrogen (secondary N) is 2. The van der Waals surface area contributed by atoms with Gasteiger partial charge in [-0.3, -0.25) is 9.69 Å². The van der Waals surface area contributed by atoms with Crippen LogP contribution in [0, 0.1) is 13.8 Å². The van der Waals surface area contributed by atoms with Crippen molar-refractivity contribution in [3.8, 4) is 0 Å². The van der Waals surface area contributed by atoms with Gasteiger partial charge in [0.25, 0.3) is 0 Å². The molecule has 0 saturated carbocycles. The molecule has 0 unspecified atom stereocenters. The second kappa shape index (κ2) is 7.56. The summed E-state index contributed by atoms with van der Waals surface area (Å²) in [6.45, 7) is 7.27. The summed E-state index contributed by atoms with van der Waals surface area (Å²) in [5.74, 6) is 1.12. The number of H-pyrrole nitrogens is 1. The quantitative estimate of drug-likeness (QED) is 0.731. The summed E-state index contributed by atoms with van der Waals surface area (Å²) in [6.07, 6.45) is 1.96. The maximum atomic E-state index is 12.4. The predicted molar refractivity (Wildman–Crippen MR) is 106 cm³/mol. The zero-order chi connectivity index (χ0) is 18.8. The molecule has 2 N–H and O–H groups in total. The maximum absolute atomic E-state index is 12.4. The van der Waals surface area contributed by atoms with Gasteiger partial charge in [-0.25, -0.2) is 4.98 Å². The fourth-order valence-electron chi connectivity index (χ4n) is 3.89. The average molecular weight is 365 g/mol. The van der Waals surface area contributed by atoms with Crippen LogP contribution >= 0.6 is 0 Å². The van der Waals surface area contributed by atoms with Gasteiger partial charge in [0.05, 0.1) is 17.6 Å². The molecular formula is C21H27N5O. The highest BCUT2D eigenvalue weighted by Gasteiger charge is 2.21. The Morgan fingerprint density at radius 1 is 1.15 bits per heavy atom. The number of nitrogens with zero attached hydrogens (tertiary/aromatic N) is 3. The maximum Gasteiger partial charge on any atom is 0.240 e. The topological polar surface area (TPSA) is 66.0 Å². The summed E-state index contributed by atoms with van der Waals surface area (Å²) in [5.41, 5.74) is 4.36. The Kier molecular flexibility index (Phi) is 4.99. The van der Waals surface area contributed by atoms with Crippen LogP contribution in [-0.4, -0.2) is 44.5 Å². The Morgan fingerprint density at radius 3 is 2.56 bits per heavy atom. The monoisotopic (exact) mass is 365 g/mol. The van der Waals surface area contributed by atoms with Gasteiger partial charge >= 0.3 is 0 Å². The molecule has 0 spiro atoms. The fraction of sp³-hybridized carbons (Fsp3) is 0.429. The van der Waals surface area contributed by atoms with Crippen LogP contribution in [0.25, 0.3) is 11.0 Å². The minimum atomic E-state index is 0.105. The van der Waals surface area contributed by atoms with Gasteiger partial charge in [-0.15, -0.1) is 0 Å². The summed E-state index contributed by atoms with van der Waals surface area (Å²) >= 11 is 0. The number of aromatic amines is 1. The van der Waals surface area contributed by atoms with Crippen LogP contribution < -0.4 is 5.32 Å². The minimum Gasteiger partial charge on any atom is -0.352 e. The highest BCUT2D eigenvalue weighted by atomic mass is 16.2. The Hall–Kier alpha value is -2.60. The van der Waals surface area contributed by atoms with Gasteiger partial charge in [-0.1, -0.05) is 12.1 Å². The molecule has 6 nitrogen and oxygen atoms in total. The van der Waals surface area contributed by atoms with Crippen molar-refractivity contribution in [1.29, 1.82) is 0 Å². The molecule has 27 heavy (non-hydrogen) atoms. The van der Waals surface area contributed by atoms with Crippen LogP contribution in [0.2, 0.25) is 0 Å². The van der Waals surface area contributed by atoms with Crippen molar-refractivity contribution in [2.24, 2.45) is 0 Å². The molecule has 0 radical (unpaired) electrons. The SMILES string of the molecule is Cc1ccc(C)n1CC(=O)NC1CCN(Cc2nc3ccccc3[nH]2)CC1. The number of rotatable bonds is 5. The van der Waals surface area contributed by atoms with Gasteiger partial charge in [0.1, 0.15) is 12.4 Å². The Balaban J connectivity index is 1.26. The van der Waals surface area contributed by atoms with Crippen LogP contribution in [0.1, 0.15) is 30.1 Å². The number of imidazole rings is 1. The summed E-state index contributed by atoms with van der Waals surface area (Å²) in [5, 5.41) is 3.21. The number of benzene rings is 1. The van der Waals surface area contributed by atoms with E-state index in [0.29, 0.717) is 6.54 Å². The molecule has 3 heterocycles. The lowest BCUT2D eigenvalue weighted by Crippen LogP contribution is -2.45. The molecule has 142 valence electrons. The largest absolute Gasteiger partial charge is 0.352 e. The number of hydrogen-bond acceptors (Lipinski definition) is 3. The van der Waals surface area contributed by atoms with Crippen molar-refractivity contribution in [2.45, 2.75) is 45.8 Å². The van der Waals surface area contributed by atoms with E-state index >= 15 is 0 Å². The number of fused-ring (bicyclic) bond motifs is 1. The zero-order valence-electron chi connectivity index (χ0n) is 16.0. The smallest absolute Gasteiger partial charge is 0.240 e. The predicted octanol–water partition coefficient (Wildman–Crippen LogP) is 2.76. The Morgan fingerprint density at radius 2 is 1.85 bits per heavy atom. The second-order valence-electron chi connectivity index (χ2n) is 7.52. The fourth-order valence-corrected chi connectivity index (χ4v) is 3.89. The van der Waals surface area contributed by atoms with Crippen molar-refractivity contribution in [3.05, 3.63) is 53.6 Å². The third-order valence-electron chi connectivity index (χ3n) is 5.48. The molecule has 0 bridgehead atoms. The molecule has 1 amide bonds.